The second kappa shape index (κ2) is 8.14. The van der Waals surface area contributed by atoms with Crippen LogP contribution in [0.4, 0.5) is 10.1 Å². The first-order valence-electron chi connectivity index (χ1n) is 9.06. The number of anilines is 1. The van der Waals surface area contributed by atoms with Crippen molar-refractivity contribution >= 4 is 17.3 Å². The average molecular weight is 394 g/mol. The van der Waals surface area contributed by atoms with Crippen molar-refractivity contribution in [2.75, 3.05) is 12.4 Å². The summed E-state index contributed by atoms with van der Waals surface area (Å²) in [6.07, 6.45) is 2.80. The number of amides is 1. The fourth-order valence-corrected chi connectivity index (χ4v) is 3.01. The first-order valence-corrected chi connectivity index (χ1v) is 9.06. The average Bonchev–Trinajstić information content (AvgIpc) is 3.40. The van der Waals surface area contributed by atoms with E-state index >= 15 is 0 Å². The van der Waals surface area contributed by atoms with Crippen molar-refractivity contribution in [1.82, 2.24) is 9.78 Å². The minimum atomic E-state index is -0.720. The number of ether oxygens (including phenoxy) is 1. The van der Waals surface area contributed by atoms with Gasteiger partial charge in [-0.15, -0.1) is 0 Å². The van der Waals surface area contributed by atoms with E-state index in [4.69, 9.17) is 9.57 Å². The van der Waals surface area contributed by atoms with Crippen LogP contribution in [0.3, 0.4) is 0 Å². The Hall–Kier alpha value is -3.68. The molecule has 0 saturated carbocycles. The van der Waals surface area contributed by atoms with E-state index < -0.39 is 6.10 Å². The lowest BCUT2D eigenvalue weighted by atomic mass is 10.0. The van der Waals surface area contributed by atoms with E-state index in [1.807, 2.05) is 24.3 Å². The van der Waals surface area contributed by atoms with Crippen LogP contribution in [0, 0.1) is 5.82 Å². The van der Waals surface area contributed by atoms with Gasteiger partial charge in [-0.25, -0.2) is 4.39 Å². The summed E-state index contributed by atoms with van der Waals surface area (Å²) >= 11 is 0. The van der Waals surface area contributed by atoms with Crippen LogP contribution in [-0.2, 0) is 16.2 Å². The fraction of sp³-hybridized carbons (Fsp3) is 0.190. The molecule has 2 heterocycles. The van der Waals surface area contributed by atoms with E-state index in [1.165, 1.54) is 12.3 Å². The number of hydrogen-bond donors (Lipinski definition) is 1. The van der Waals surface area contributed by atoms with Gasteiger partial charge in [-0.05, 0) is 35.9 Å². The van der Waals surface area contributed by atoms with Crippen LogP contribution >= 0.6 is 0 Å². The molecule has 0 spiro atoms. The van der Waals surface area contributed by atoms with Crippen LogP contribution in [0.15, 0.2) is 66.1 Å². The molecule has 1 atom stereocenters. The molecule has 0 radical (unpaired) electrons. The van der Waals surface area contributed by atoms with Gasteiger partial charge in [-0.3, -0.25) is 9.48 Å². The largest absolute Gasteiger partial charge is 0.497 e. The van der Waals surface area contributed by atoms with Crippen LogP contribution in [-0.4, -0.2) is 34.6 Å². The van der Waals surface area contributed by atoms with Gasteiger partial charge in [-0.2, -0.15) is 5.10 Å². The minimum absolute atomic E-state index is 0.271. The number of hydrogen-bond acceptors (Lipinski definition) is 5. The van der Waals surface area contributed by atoms with E-state index in [0.717, 1.165) is 11.3 Å². The van der Waals surface area contributed by atoms with Gasteiger partial charge in [0.2, 0.25) is 6.10 Å². The number of oxime groups is 1. The maximum absolute atomic E-state index is 13.8. The first-order chi connectivity index (χ1) is 14.1. The van der Waals surface area contributed by atoms with Crippen molar-refractivity contribution in [3.05, 3.63) is 77.9 Å². The van der Waals surface area contributed by atoms with Crippen molar-refractivity contribution < 1.29 is 18.8 Å². The normalized spacial score (nSPS) is 15.5. The van der Waals surface area contributed by atoms with E-state index in [1.54, 1.807) is 36.2 Å². The number of carbonyl (C=O) groups is 1. The van der Waals surface area contributed by atoms with E-state index in [2.05, 4.69) is 15.6 Å². The van der Waals surface area contributed by atoms with Crippen molar-refractivity contribution in [3.8, 4) is 5.75 Å². The number of methoxy groups -OCH3 is 1. The highest BCUT2D eigenvalue weighted by Crippen LogP contribution is 2.20. The summed E-state index contributed by atoms with van der Waals surface area (Å²) in [5, 5.41) is 11.0. The van der Waals surface area contributed by atoms with Crippen LogP contribution in [0.25, 0.3) is 0 Å². The lowest BCUT2D eigenvalue weighted by Gasteiger charge is -2.08. The highest BCUT2D eigenvalue weighted by atomic mass is 19.1. The Kier molecular flexibility index (Phi) is 5.24. The molecule has 1 amide bonds. The molecule has 0 fully saturated rings. The molecular weight excluding hydrogens is 375 g/mol. The molecule has 1 N–H and O–H groups in total. The molecule has 148 valence electrons. The summed E-state index contributed by atoms with van der Waals surface area (Å²) in [5.41, 5.74) is 2.60. The van der Waals surface area contributed by atoms with Gasteiger partial charge in [0.1, 0.15) is 11.6 Å². The molecular formula is C21H19FN4O3. The summed E-state index contributed by atoms with van der Waals surface area (Å²) in [5.74, 6) is 0.133. The van der Waals surface area contributed by atoms with Crippen molar-refractivity contribution in [3.63, 3.8) is 0 Å². The monoisotopic (exact) mass is 394 g/mol. The van der Waals surface area contributed by atoms with Crippen molar-refractivity contribution in [2.24, 2.45) is 5.16 Å². The van der Waals surface area contributed by atoms with Gasteiger partial charge in [0.15, 0.2) is 0 Å². The molecule has 0 aliphatic carbocycles. The van der Waals surface area contributed by atoms with E-state index in [-0.39, 0.29) is 18.3 Å². The van der Waals surface area contributed by atoms with Gasteiger partial charge < -0.3 is 14.9 Å². The molecule has 7 nitrogen and oxygen atoms in total. The molecule has 1 aliphatic heterocycles. The predicted molar refractivity (Wildman–Crippen MR) is 105 cm³/mol. The van der Waals surface area contributed by atoms with Gasteiger partial charge >= 0.3 is 0 Å². The summed E-state index contributed by atoms with van der Waals surface area (Å²) in [7, 11) is 1.60. The summed E-state index contributed by atoms with van der Waals surface area (Å²) in [6.45, 7) is 0.271. The molecule has 29 heavy (non-hydrogen) atoms. The molecule has 1 unspecified atom stereocenters. The lowest BCUT2D eigenvalue weighted by Crippen LogP contribution is -2.27. The Morgan fingerprint density at radius 1 is 1.28 bits per heavy atom. The van der Waals surface area contributed by atoms with Gasteiger partial charge in [0.05, 0.1) is 31.3 Å². The van der Waals surface area contributed by atoms with Crippen molar-refractivity contribution in [2.45, 2.75) is 19.1 Å². The van der Waals surface area contributed by atoms with Crippen LogP contribution < -0.4 is 10.1 Å². The third-order valence-corrected chi connectivity index (χ3v) is 4.58. The number of aromatic nitrogens is 2. The highest BCUT2D eigenvalue weighted by Gasteiger charge is 2.29. The lowest BCUT2D eigenvalue weighted by molar-refractivity contribution is -0.125. The molecule has 1 aromatic heterocycles. The van der Waals surface area contributed by atoms with Gasteiger partial charge in [0.25, 0.3) is 5.91 Å². The van der Waals surface area contributed by atoms with E-state index in [0.29, 0.717) is 23.4 Å². The SMILES string of the molecule is COc1ccc(C2=NOC(C(=O)Nc3cnn(Cc4ccccc4F)c3)C2)cc1. The topological polar surface area (TPSA) is 77.7 Å². The Balaban J connectivity index is 1.34. The molecule has 8 heteroatoms. The van der Waals surface area contributed by atoms with Crippen LogP contribution in [0.1, 0.15) is 17.5 Å². The molecule has 3 aromatic rings. The fourth-order valence-electron chi connectivity index (χ4n) is 3.01. The second-order valence-electron chi connectivity index (χ2n) is 6.57. The number of nitrogens with one attached hydrogen (secondary N) is 1. The molecule has 0 saturated heterocycles. The summed E-state index contributed by atoms with van der Waals surface area (Å²) in [4.78, 5) is 17.8. The van der Waals surface area contributed by atoms with Crippen molar-refractivity contribution in [1.29, 1.82) is 0 Å². The predicted octanol–water partition coefficient (Wildman–Crippen LogP) is 3.21. The number of benzene rings is 2. The smallest absolute Gasteiger partial charge is 0.268 e. The quantitative estimate of drug-likeness (QED) is 0.696. The Labute approximate surface area is 166 Å². The molecule has 1 aliphatic rings. The molecule has 2 aromatic carbocycles. The summed E-state index contributed by atoms with van der Waals surface area (Å²) < 4.78 is 20.5. The zero-order valence-corrected chi connectivity index (χ0v) is 15.7. The van der Waals surface area contributed by atoms with Crippen LogP contribution in [0.2, 0.25) is 0 Å². The third kappa shape index (κ3) is 4.26. The van der Waals surface area contributed by atoms with E-state index in [9.17, 15) is 9.18 Å². The zero-order valence-electron chi connectivity index (χ0n) is 15.7. The Morgan fingerprint density at radius 3 is 2.83 bits per heavy atom. The maximum atomic E-state index is 13.8. The highest BCUT2D eigenvalue weighted by molar-refractivity contribution is 6.06. The maximum Gasteiger partial charge on any atom is 0.268 e. The molecule has 4 rings (SSSR count). The van der Waals surface area contributed by atoms with Crippen LogP contribution in [0.5, 0.6) is 5.75 Å². The zero-order chi connectivity index (χ0) is 20.2. The number of carbonyl (C=O) groups excluding carboxylic acids is 1. The Morgan fingerprint density at radius 2 is 2.07 bits per heavy atom. The number of nitrogens with zero attached hydrogens (tertiary/aromatic N) is 3. The second-order valence-corrected chi connectivity index (χ2v) is 6.57. The van der Waals surface area contributed by atoms with Gasteiger partial charge in [-0.1, -0.05) is 23.4 Å². The number of halogens is 1. The first kappa shape index (κ1) is 18.7. The standard InChI is InChI=1S/C21H19FN4O3/c1-28-17-8-6-14(7-9-17)19-10-20(29-25-19)21(27)24-16-11-23-26(13-16)12-15-4-2-3-5-18(15)22/h2-9,11,13,20H,10,12H2,1H3,(H,24,27). The minimum Gasteiger partial charge on any atom is -0.497 e. The Bertz CT molecular complexity index is 1050. The van der Waals surface area contributed by atoms with Gasteiger partial charge in [0, 0.05) is 18.2 Å². The summed E-state index contributed by atoms with van der Waals surface area (Å²) in [6, 6.07) is 13.9. The third-order valence-electron chi connectivity index (χ3n) is 4.58. The number of rotatable bonds is 6. The molecule has 0 bridgehead atoms.